The van der Waals surface area contributed by atoms with Crippen LogP contribution in [0.2, 0.25) is 0 Å². The Labute approximate surface area is 208 Å². The summed E-state index contributed by atoms with van der Waals surface area (Å²) in [4.78, 5) is 9.52. The molecule has 0 N–H and O–H groups in total. The average molecular weight is 519 g/mol. The van der Waals surface area contributed by atoms with Crippen LogP contribution in [0.3, 0.4) is 0 Å². The van der Waals surface area contributed by atoms with Gasteiger partial charge in [-0.15, -0.1) is 22.7 Å². The molecule has 0 aliphatic carbocycles. The lowest BCUT2D eigenvalue weighted by atomic mass is 10.3. The molecule has 2 fully saturated rings. The summed E-state index contributed by atoms with van der Waals surface area (Å²) in [6, 6.07) is 16.5. The van der Waals surface area contributed by atoms with Gasteiger partial charge in [-0.1, -0.05) is 24.3 Å². The molecule has 2 aliphatic rings. The highest BCUT2D eigenvalue weighted by Crippen LogP contribution is 2.35. The lowest BCUT2D eigenvalue weighted by Crippen LogP contribution is -2.35. The van der Waals surface area contributed by atoms with Gasteiger partial charge in [0.05, 0.1) is 58.1 Å². The lowest BCUT2D eigenvalue weighted by Gasteiger charge is -2.32. The second-order valence-corrected chi connectivity index (χ2v) is 11.8. The SMILES string of the molecule is c1ccc2sc(C3CN(SOSN4CCOC(c5nc6ccccc6s5)C4)CCO3)nc2c1. The summed E-state index contributed by atoms with van der Waals surface area (Å²) in [5, 5.41) is 2.06. The van der Waals surface area contributed by atoms with Gasteiger partial charge >= 0.3 is 0 Å². The maximum Gasteiger partial charge on any atom is 0.124 e. The quantitative estimate of drug-likeness (QED) is 0.243. The molecular weight excluding hydrogens is 497 g/mol. The predicted molar refractivity (Wildman–Crippen MR) is 136 cm³/mol. The van der Waals surface area contributed by atoms with E-state index in [1.165, 1.54) is 33.9 Å². The van der Waals surface area contributed by atoms with Crippen LogP contribution in [0.4, 0.5) is 0 Å². The minimum absolute atomic E-state index is 0.0240. The van der Waals surface area contributed by atoms with Crippen LogP contribution in [-0.4, -0.2) is 58.0 Å². The van der Waals surface area contributed by atoms with Crippen molar-refractivity contribution in [3.05, 3.63) is 58.5 Å². The molecule has 2 aromatic heterocycles. The standard InChI is InChI=1S/C22H22N4O3S4/c1-3-7-19-15(5-1)23-21(30-19)17-13-25(9-11-27-17)32-29-33-26-10-12-28-18(14-26)22-24-16-6-2-4-8-20(16)31-22/h1-8,17-18H,9-14H2. The third-order valence-corrected chi connectivity index (χ3v) is 9.33. The van der Waals surface area contributed by atoms with Gasteiger partial charge in [-0.2, -0.15) is 0 Å². The first-order chi connectivity index (χ1) is 16.3. The Morgan fingerprint density at radius 3 is 1.73 bits per heavy atom. The number of hydrogen-bond donors (Lipinski definition) is 0. The number of fused-ring (bicyclic) bond motifs is 2. The summed E-state index contributed by atoms with van der Waals surface area (Å²) < 4.78 is 24.8. The molecule has 0 amide bonds. The summed E-state index contributed by atoms with van der Waals surface area (Å²) in [5.41, 5.74) is 2.07. The van der Waals surface area contributed by atoms with Crippen LogP contribution in [0.1, 0.15) is 22.2 Å². The zero-order valence-electron chi connectivity index (χ0n) is 17.7. The fourth-order valence-corrected chi connectivity index (χ4v) is 7.35. The zero-order chi connectivity index (χ0) is 22.0. The van der Waals surface area contributed by atoms with Crippen LogP contribution in [-0.2, 0) is 13.1 Å². The van der Waals surface area contributed by atoms with E-state index in [0.717, 1.165) is 47.2 Å². The number of rotatable bonds is 6. The van der Waals surface area contributed by atoms with E-state index in [1.54, 1.807) is 22.7 Å². The number of para-hydroxylation sites is 2. The summed E-state index contributed by atoms with van der Waals surface area (Å²) in [7, 11) is 0. The molecule has 33 heavy (non-hydrogen) atoms. The molecule has 2 atom stereocenters. The maximum atomic E-state index is 6.01. The van der Waals surface area contributed by atoms with Crippen LogP contribution in [0.25, 0.3) is 20.4 Å². The van der Waals surface area contributed by atoms with Crippen molar-refractivity contribution < 1.29 is 13.1 Å². The van der Waals surface area contributed by atoms with Crippen LogP contribution in [0.5, 0.6) is 0 Å². The molecule has 2 saturated heterocycles. The van der Waals surface area contributed by atoms with Crippen LogP contribution >= 0.6 is 47.1 Å². The van der Waals surface area contributed by atoms with Gasteiger partial charge < -0.3 is 9.47 Å². The van der Waals surface area contributed by atoms with Crippen molar-refractivity contribution in [2.45, 2.75) is 12.2 Å². The van der Waals surface area contributed by atoms with E-state index in [2.05, 4.69) is 20.7 Å². The number of nitrogens with zero attached hydrogens (tertiary/aromatic N) is 4. The third-order valence-electron chi connectivity index (χ3n) is 5.50. The molecule has 4 aromatic rings. The first kappa shape index (κ1) is 22.2. The Morgan fingerprint density at radius 1 is 0.758 bits per heavy atom. The van der Waals surface area contributed by atoms with Crippen LogP contribution < -0.4 is 0 Å². The molecule has 4 heterocycles. The van der Waals surface area contributed by atoms with E-state index in [-0.39, 0.29) is 12.2 Å². The van der Waals surface area contributed by atoms with E-state index < -0.39 is 0 Å². The van der Waals surface area contributed by atoms with Gasteiger partial charge in [0.1, 0.15) is 22.2 Å². The van der Waals surface area contributed by atoms with Crippen molar-refractivity contribution in [2.75, 3.05) is 39.4 Å². The largest absolute Gasteiger partial charge is 0.368 e. The van der Waals surface area contributed by atoms with Crippen LogP contribution in [0.15, 0.2) is 48.5 Å². The number of benzene rings is 2. The topological polar surface area (TPSA) is 60.0 Å². The van der Waals surface area contributed by atoms with Gasteiger partial charge in [0.25, 0.3) is 0 Å². The molecule has 0 saturated carbocycles. The molecule has 0 spiro atoms. The van der Waals surface area contributed by atoms with Gasteiger partial charge in [-0.25, -0.2) is 22.2 Å². The van der Waals surface area contributed by atoms with Crippen molar-refractivity contribution in [3.63, 3.8) is 0 Å². The molecule has 172 valence electrons. The molecule has 11 heteroatoms. The van der Waals surface area contributed by atoms with Gasteiger partial charge in [-0.3, -0.25) is 0 Å². The summed E-state index contributed by atoms with van der Waals surface area (Å²) in [5.74, 6) is 0. The monoisotopic (exact) mass is 518 g/mol. The Hall–Kier alpha value is -1.28. The Bertz CT molecular complexity index is 1070. The summed E-state index contributed by atoms with van der Waals surface area (Å²) in [6.45, 7) is 4.48. The number of ether oxygens (including phenoxy) is 2. The number of hydrogen-bond acceptors (Lipinski definition) is 11. The average Bonchev–Trinajstić information content (AvgIpc) is 3.49. The van der Waals surface area contributed by atoms with Crippen molar-refractivity contribution in [1.29, 1.82) is 0 Å². The molecule has 6 rings (SSSR count). The smallest absolute Gasteiger partial charge is 0.124 e. The van der Waals surface area contributed by atoms with E-state index in [0.29, 0.717) is 13.2 Å². The minimum Gasteiger partial charge on any atom is -0.368 e. The van der Waals surface area contributed by atoms with Crippen molar-refractivity contribution in [1.82, 2.24) is 18.6 Å². The summed E-state index contributed by atoms with van der Waals surface area (Å²) in [6.07, 6.45) is -0.0481. The fourth-order valence-electron chi connectivity index (χ4n) is 3.84. The normalized spacial score (nSPS) is 22.9. The molecule has 2 aromatic carbocycles. The van der Waals surface area contributed by atoms with E-state index >= 15 is 0 Å². The molecule has 2 aliphatic heterocycles. The molecule has 2 unspecified atom stereocenters. The zero-order valence-corrected chi connectivity index (χ0v) is 20.9. The fraction of sp³-hybridized carbons (Fsp3) is 0.364. The second-order valence-electron chi connectivity index (χ2n) is 7.75. The van der Waals surface area contributed by atoms with Gasteiger partial charge in [0.2, 0.25) is 0 Å². The number of morpholine rings is 2. The summed E-state index contributed by atoms with van der Waals surface area (Å²) >= 11 is 6.20. The van der Waals surface area contributed by atoms with Crippen molar-refractivity contribution >= 4 is 67.6 Å². The van der Waals surface area contributed by atoms with Gasteiger partial charge in [0.15, 0.2) is 0 Å². The highest BCUT2D eigenvalue weighted by atomic mass is 32.2. The van der Waals surface area contributed by atoms with E-state index in [1.807, 2.05) is 36.4 Å². The van der Waals surface area contributed by atoms with Gasteiger partial charge in [0, 0.05) is 26.2 Å². The van der Waals surface area contributed by atoms with E-state index in [9.17, 15) is 0 Å². The maximum absolute atomic E-state index is 6.01. The van der Waals surface area contributed by atoms with Crippen LogP contribution in [0, 0.1) is 0 Å². The lowest BCUT2D eigenvalue weighted by molar-refractivity contribution is -0.00219. The third kappa shape index (κ3) is 5.07. The molecule has 0 bridgehead atoms. The highest BCUT2D eigenvalue weighted by Gasteiger charge is 2.28. The molecular formula is C22H22N4O3S4. The van der Waals surface area contributed by atoms with Gasteiger partial charge in [-0.05, 0) is 24.3 Å². The van der Waals surface area contributed by atoms with Crippen molar-refractivity contribution in [2.24, 2.45) is 0 Å². The molecule has 7 nitrogen and oxygen atoms in total. The number of thiazole rings is 2. The second kappa shape index (κ2) is 10.1. The molecule has 0 radical (unpaired) electrons. The Kier molecular flexibility index (Phi) is 6.82. The Balaban J connectivity index is 1.01. The first-order valence-electron chi connectivity index (χ1n) is 10.8. The number of aromatic nitrogens is 2. The highest BCUT2D eigenvalue weighted by molar-refractivity contribution is 8.05. The van der Waals surface area contributed by atoms with Crippen molar-refractivity contribution in [3.8, 4) is 0 Å². The first-order valence-corrected chi connectivity index (χ1v) is 13.8. The van der Waals surface area contributed by atoms with E-state index in [4.69, 9.17) is 23.1 Å². The predicted octanol–water partition coefficient (Wildman–Crippen LogP) is 5.50. The Morgan fingerprint density at radius 2 is 1.24 bits per heavy atom. The minimum atomic E-state index is -0.0240.